The van der Waals surface area contributed by atoms with Crippen LogP contribution in [-0.4, -0.2) is 23.6 Å². The summed E-state index contributed by atoms with van der Waals surface area (Å²) in [7, 11) is 0. The Kier molecular flexibility index (Phi) is 7.92. The fraction of sp³-hybridized carbons (Fsp3) is 0.407. The molecule has 2 aromatic rings. The van der Waals surface area contributed by atoms with Gasteiger partial charge in [-0.1, -0.05) is 50.3 Å². The third-order valence-electron chi connectivity index (χ3n) is 6.97. The number of hydrogen-bond donors (Lipinski definition) is 3. The Balaban J connectivity index is 1.48. The molecule has 0 heterocycles. The first-order valence-electron chi connectivity index (χ1n) is 12.4. The third kappa shape index (κ3) is 5.95. The predicted molar refractivity (Wildman–Crippen MR) is 133 cm³/mol. The minimum atomic E-state index is -0.511. The lowest BCUT2D eigenvalue weighted by atomic mass is 9.88. The number of amides is 4. The number of hydrazine groups is 1. The summed E-state index contributed by atoms with van der Waals surface area (Å²) < 4.78 is 0. The molecule has 184 valence electrons. The normalized spacial score (nSPS) is 16.5. The predicted octanol–water partition coefficient (Wildman–Crippen LogP) is 3.98. The Morgan fingerprint density at radius 3 is 1.94 bits per heavy atom. The van der Waals surface area contributed by atoms with E-state index in [1.165, 1.54) is 5.01 Å². The van der Waals surface area contributed by atoms with Crippen molar-refractivity contribution in [2.45, 2.75) is 57.8 Å². The van der Waals surface area contributed by atoms with Crippen LogP contribution in [0, 0.1) is 11.8 Å². The van der Waals surface area contributed by atoms with Gasteiger partial charge in [-0.3, -0.25) is 34.8 Å². The molecule has 0 atom stereocenters. The molecule has 0 bridgehead atoms. The maximum absolute atomic E-state index is 13.0. The van der Waals surface area contributed by atoms with E-state index in [-0.39, 0.29) is 29.2 Å². The molecule has 0 aliphatic heterocycles. The van der Waals surface area contributed by atoms with E-state index in [4.69, 9.17) is 5.84 Å². The second kappa shape index (κ2) is 11.3. The molecule has 35 heavy (non-hydrogen) atoms. The van der Waals surface area contributed by atoms with E-state index >= 15 is 0 Å². The topological polar surface area (TPSA) is 122 Å². The maximum atomic E-state index is 13.0. The van der Waals surface area contributed by atoms with Gasteiger partial charge in [0.05, 0.1) is 16.9 Å². The second-order valence-corrected chi connectivity index (χ2v) is 9.39. The van der Waals surface area contributed by atoms with Crippen molar-refractivity contribution in [3.63, 3.8) is 0 Å². The van der Waals surface area contributed by atoms with Crippen LogP contribution in [-0.2, 0) is 9.59 Å². The van der Waals surface area contributed by atoms with Crippen molar-refractivity contribution in [1.82, 2.24) is 10.6 Å². The van der Waals surface area contributed by atoms with Crippen LogP contribution in [0.4, 0.5) is 11.4 Å². The summed E-state index contributed by atoms with van der Waals surface area (Å²) in [6.45, 7) is 0. The van der Waals surface area contributed by atoms with E-state index in [1.807, 2.05) is 0 Å². The molecule has 0 unspecified atom stereocenters. The molecule has 4 amide bonds. The molecule has 2 aliphatic carbocycles. The first-order valence-corrected chi connectivity index (χ1v) is 12.4. The van der Waals surface area contributed by atoms with Crippen LogP contribution in [0.5, 0.6) is 0 Å². The molecule has 2 aliphatic rings. The smallest absolute Gasteiger partial charge is 0.260 e. The van der Waals surface area contributed by atoms with Gasteiger partial charge in [0.15, 0.2) is 0 Å². The minimum absolute atomic E-state index is 0.116. The van der Waals surface area contributed by atoms with Gasteiger partial charge in [-0.25, -0.2) is 5.84 Å². The maximum Gasteiger partial charge on any atom is 0.260 e. The molecule has 4 rings (SSSR count). The number of nitrogens with zero attached hydrogens (tertiary/aromatic N) is 1. The van der Waals surface area contributed by atoms with E-state index < -0.39 is 11.8 Å². The molecular weight excluding hydrogens is 444 g/mol. The van der Waals surface area contributed by atoms with E-state index in [2.05, 4.69) is 10.6 Å². The number of nitrogens with two attached hydrogens (primary N) is 1. The number of hydrogen-bond acceptors (Lipinski definition) is 6. The van der Waals surface area contributed by atoms with Gasteiger partial charge < -0.3 is 0 Å². The highest BCUT2D eigenvalue weighted by atomic mass is 16.2. The number of imide groups is 2. The Hall–Kier alpha value is -3.52. The lowest BCUT2D eigenvalue weighted by Crippen LogP contribution is -2.38. The third-order valence-corrected chi connectivity index (χ3v) is 6.97. The van der Waals surface area contributed by atoms with Crippen molar-refractivity contribution >= 4 is 35.0 Å². The highest BCUT2D eigenvalue weighted by Crippen LogP contribution is 2.28. The van der Waals surface area contributed by atoms with E-state index in [0.717, 1.165) is 57.8 Å². The van der Waals surface area contributed by atoms with Crippen LogP contribution in [0.3, 0.4) is 0 Å². The zero-order chi connectivity index (χ0) is 24.8. The Labute approximate surface area is 205 Å². The summed E-state index contributed by atoms with van der Waals surface area (Å²) in [5.74, 6) is 4.62. The molecule has 0 saturated heterocycles. The van der Waals surface area contributed by atoms with Gasteiger partial charge in [0.1, 0.15) is 0 Å². The first-order chi connectivity index (χ1) is 16.9. The minimum Gasteiger partial charge on any atom is -0.292 e. The quantitative estimate of drug-likeness (QED) is 0.329. The number of nitrogens with one attached hydrogen (secondary N) is 2. The van der Waals surface area contributed by atoms with Crippen LogP contribution in [0.15, 0.2) is 48.5 Å². The standard InChI is InChI=1S/C27H32N4O4/c28-31(21-14-8-13-20(17-21)26(34)29-24(32)19-11-4-5-12-19)23-16-7-6-15-22(23)27(35)30-25(33)18-9-2-1-3-10-18/h6-8,13-19H,1-5,9-12,28H2,(H,29,32,34)(H,30,33,35). The lowest BCUT2D eigenvalue weighted by Gasteiger charge is -2.23. The van der Waals surface area contributed by atoms with Crippen molar-refractivity contribution in [2.24, 2.45) is 17.7 Å². The second-order valence-electron chi connectivity index (χ2n) is 9.39. The highest BCUT2D eigenvalue weighted by molar-refractivity contribution is 6.09. The van der Waals surface area contributed by atoms with Crippen LogP contribution in [0.1, 0.15) is 78.5 Å². The molecular formula is C27H32N4O4. The molecule has 8 heteroatoms. The molecule has 2 aromatic carbocycles. The number of carbonyl (C=O) groups excluding carboxylic acids is 4. The van der Waals surface area contributed by atoms with Crippen molar-refractivity contribution in [3.05, 3.63) is 59.7 Å². The van der Waals surface area contributed by atoms with Gasteiger partial charge in [-0.15, -0.1) is 0 Å². The summed E-state index contributed by atoms with van der Waals surface area (Å²) in [4.78, 5) is 50.6. The Morgan fingerprint density at radius 1 is 0.714 bits per heavy atom. The lowest BCUT2D eigenvalue weighted by molar-refractivity contribution is -0.125. The highest BCUT2D eigenvalue weighted by Gasteiger charge is 2.26. The fourth-order valence-corrected chi connectivity index (χ4v) is 4.93. The van der Waals surface area contributed by atoms with Gasteiger partial charge >= 0.3 is 0 Å². The van der Waals surface area contributed by atoms with Crippen LogP contribution in [0.2, 0.25) is 0 Å². The van der Waals surface area contributed by atoms with E-state index in [1.54, 1.807) is 48.5 Å². The van der Waals surface area contributed by atoms with Crippen LogP contribution >= 0.6 is 0 Å². The number of rotatable bonds is 6. The van der Waals surface area contributed by atoms with Crippen molar-refractivity contribution < 1.29 is 19.2 Å². The largest absolute Gasteiger partial charge is 0.292 e. The van der Waals surface area contributed by atoms with Crippen molar-refractivity contribution in [1.29, 1.82) is 0 Å². The Bertz CT molecular complexity index is 1100. The summed E-state index contributed by atoms with van der Waals surface area (Å²) in [5.41, 5.74) is 1.40. The van der Waals surface area contributed by atoms with E-state index in [9.17, 15) is 19.2 Å². The van der Waals surface area contributed by atoms with Gasteiger partial charge in [0.25, 0.3) is 11.8 Å². The fourth-order valence-electron chi connectivity index (χ4n) is 4.93. The molecule has 2 saturated carbocycles. The summed E-state index contributed by atoms with van der Waals surface area (Å²) in [5, 5.41) is 6.32. The van der Waals surface area contributed by atoms with Gasteiger partial charge in [-0.05, 0) is 56.0 Å². The van der Waals surface area contributed by atoms with Gasteiger partial charge in [0.2, 0.25) is 11.8 Å². The zero-order valence-electron chi connectivity index (χ0n) is 19.8. The monoisotopic (exact) mass is 476 g/mol. The molecule has 0 radical (unpaired) electrons. The molecule has 0 spiro atoms. The number of carbonyl (C=O) groups is 4. The average molecular weight is 477 g/mol. The van der Waals surface area contributed by atoms with Crippen molar-refractivity contribution in [2.75, 3.05) is 5.01 Å². The number of anilines is 2. The summed E-state index contributed by atoms with van der Waals surface area (Å²) >= 11 is 0. The zero-order valence-corrected chi connectivity index (χ0v) is 19.8. The number of benzene rings is 2. The first kappa shape index (κ1) is 24.6. The van der Waals surface area contributed by atoms with Gasteiger partial charge in [-0.2, -0.15) is 0 Å². The SMILES string of the molecule is NN(c1cccc(C(=O)NC(=O)C2CCCC2)c1)c1ccccc1C(=O)NC(=O)C1CCCCC1. The van der Waals surface area contributed by atoms with Crippen molar-refractivity contribution in [3.8, 4) is 0 Å². The van der Waals surface area contributed by atoms with Crippen LogP contribution < -0.4 is 21.5 Å². The number of para-hydroxylation sites is 1. The Morgan fingerprint density at radius 2 is 1.29 bits per heavy atom. The molecule has 2 fully saturated rings. The van der Waals surface area contributed by atoms with Gasteiger partial charge in [0, 0.05) is 17.4 Å². The molecule has 4 N–H and O–H groups in total. The van der Waals surface area contributed by atoms with E-state index in [0.29, 0.717) is 16.9 Å². The summed E-state index contributed by atoms with van der Waals surface area (Å²) in [6, 6.07) is 13.3. The summed E-state index contributed by atoms with van der Waals surface area (Å²) in [6.07, 6.45) is 8.31. The van der Waals surface area contributed by atoms with Crippen LogP contribution in [0.25, 0.3) is 0 Å². The average Bonchev–Trinajstić information content (AvgIpc) is 3.44. The molecule has 8 nitrogen and oxygen atoms in total. The molecule has 0 aromatic heterocycles.